The quantitative estimate of drug-likeness (QED) is 0.568. The van der Waals surface area contributed by atoms with Gasteiger partial charge < -0.3 is 19.4 Å². The zero-order valence-electron chi connectivity index (χ0n) is 16.4. The molecule has 0 unspecified atom stereocenters. The molecule has 1 aliphatic heterocycles. The van der Waals surface area contributed by atoms with Crippen LogP contribution in [-0.4, -0.2) is 48.2 Å². The Labute approximate surface area is 183 Å². The number of amides is 1. The molecule has 1 aliphatic rings. The van der Waals surface area contributed by atoms with Crippen molar-refractivity contribution in [2.24, 2.45) is 0 Å². The third-order valence-corrected chi connectivity index (χ3v) is 5.74. The standard InChI is InChI=1S/C21H21ClN4O3S/c1-14-2-4-15(5-3-14)20-24-25-21(29-20)30-13-19(27)23-16-6-7-18(17(22)12-16)26-8-10-28-11-9-26/h2-7,12H,8-11,13H2,1H3,(H,23,27). The molecule has 30 heavy (non-hydrogen) atoms. The predicted octanol–water partition coefficient (Wildman–Crippen LogP) is 4.27. The number of halogens is 1. The molecule has 0 aliphatic carbocycles. The molecule has 156 valence electrons. The largest absolute Gasteiger partial charge is 0.411 e. The molecule has 1 N–H and O–H groups in total. The van der Waals surface area contributed by atoms with Gasteiger partial charge in [0.1, 0.15) is 0 Å². The first-order chi connectivity index (χ1) is 14.6. The highest BCUT2D eigenvalue weighted by Gasteiger charge is 2.15. The minimum atomic E-state index is -0.176. The van der Waals surface area contributed by atoms with Gasteiger partial charge >= 0.3 is 0 Å². The minimum absolute atomic E-state index is 0.151. The molecule has 1 amide bonds. The van der Waals surface area contributed by atoms with Crippen molar-refractivity contribution in [1.29, 1.82) is 0 Å². The van der Waals surface area contributed by atoms with Crippen LogP contribution in [0.25, 0.3) is 11.5 Å². The van der Waals surface area contributed by atoms with E-state index in [0.29, 0.717) is 35.0 Å². The summed E-state index contributed by atoms with van der Waals surface area (Å²) in [6, 6.07) is 13.3. The van der Waals surface area contributed by atoms with Crippen molar-refractivity contribution in [1.82, 2.24) is 10.2 Å². The summed E-state index contributed by atoms with van der Waals surface area (Å²) in [7, 11) is 0. The molecule has 0 bridgehead atoms. The average Bonchev–Trinajstić information content (AvgIpc) is 3.23. The lowest BCUT2D eigenvalue weighted by atomic mass is 10.1. The number of thioether (sulfide) groups is 1. The summed E-state index contributed by atoms with van der Waals surface area (Å²) < 4.78 is 11.0. The van der Waals surface area contributed by atoms with Crippen LogP contribution in [0.1, 0.15) is 5.56 Å². The molecule has 1 fully saturated rings. The lowest BCUT2D eigenvalue weighted by Crippen LogP contribution is -2.36. The number of aromatic nitrogens is 2. The van der Waals surface area contributed by atoms with Crippen molar-refractivity contribution in [3.05, 3.63) is 53.1 Å². The van der Waals surface area contributed by atoms with Gasteiger partial charge in [0.05, 0.1) is 29.7 Å². The summed E-state index contributed by atoms with van der Waals surface area (Å²) in [6.45, 7) is 5.00. The minimum Gasteiger partial charge on any atom is -0.411 e. The first kappa shape index (κ1) is 20.7. The maximum absolute atomic E-state index is 12.3. The molecule has 1 aromatic heterocycles. The summed E-state index contributed by atoms with van der Waals surface area (Å²) in [5, 5.41) is 11.8. The molecular weight excluding hydrogens is 424 g/mol. The molecule has 7 nitrogen and oxygen atoms in total. The summed E-state index contributed by atoms with van der Waals surface area (Å²) in [5.41, 5.74) is 3.59. The van der Waals surface area contributed by atoms with Gasteiger partial charge in [-0.05, 0) is 37.3 Å². The normalized spacial score (nSPS) is 14.0. The van der Waals surface area contributed by atoms with Crippen molar-refractivity contribution in [3.63, 3.8) is 0 Å². The molecule has 0 radical (unpaired) electrons. The van der Waals surface area contributed by atoms with Gasteiger partial charge in [0.2, 0.25) is 11.8 Å². The number of carbonyl (C=O) groups is 1. The number of morpholine rings is 1. The van der Waals surface area contributed by atoms with E-state index in [2.05, 4.69) is 20.4 Å². The van der Waals surface area contributed by atoms with E-state index in [-0.39, 0.29) is 11.7 Å². The third kappa shape index (κ3) is 5.13. The van der Waals surface area contributed by atoms with Gasteiger partial charge in [0.15, 0.2) is 0 Å². The number of aryl methyl sites for hydroxylation is 1. The number of nitrogens with one attached hydrogen (secondary N) is 1. The number of ether oxygens (including phenoxy) is 1. The lowest BCUT2D eigenvalue weighted by molar-refractivity contribution is -0.113. The van der Waals surface area contributed by atoms with Gasteiger partial charge in [-0.3, -0.25) is 4.79 Å². The van der Waals surface area contributed by atoms with E-state index in [1.807, 2.05) is 43.3 Å². The Morgan fingerprint density at radius 2 is 1.93 bits per heavy atom. The van der Waals surface area contributed by atoms with Gasteiger partial charge in [-0.25, -0.2) is 0 Å². The van der Waals surface area contributed by atoms with E-state index >= 15 is 0 Å². The van der Waals surface area contributed by atoms with Crippen molar-refractivity contribution < 1.29 is 13.9 Å². The zero-order valence-corrected chi connectivity index (χ0v) is 18.0. The molecule has 4 rings (SSSR count). The number of anilines is 2. The van der Waals surface area contributed by atoms with E-state index in [9.17, 15) is 4.79 Å². The summed E-state index contributed by atoms with van der Waals surface area (Å²) in [6.07, 6.45) is 0. The summed E-state index contributed by atoms with van der Waals surface area (Å²) >= 11 is 7.61. The smallest absolute Gasteiger partial charge is 0.277 e. The van der Waals surface area contributed by atoms with Gasteiger partial charge in [0, 0.05) is 24.3 Å². The number of rotatable bonds is 6. The predicted molar refractivity (Wildman–Crippen MR) is 118 cm³/mol. The molecule has 2 aromatic carbocycles. The van der Waals surface area contributed by atoms with E-state index in [1.165, 1.54) is 11.8 Å². The van der Waals surface area contributed by atoms with Gasteiger partial charge in [-0.2, -0.15) is 0 Å². The van der Waals surface area contributed by atoms with E-state index < -0.39 is 0 Å². The molecular formula is C21H21ClN4O3S. The number of hydrogen-bond acceptors (Lipinski definition) is 7. The summed E-state index contributed by atoms with van der Waals surface area (Å²) in [5.74, 6) is 0.409. The first-order valence-corrected chi connectivity index (χ1v) is 10.9. The highest BCUT2D eigenvalue weighted by molar-refractivity contribution is 7.99. The van der Waals surface area contributed by atoms with Crippen LogP contribution < -0.4 is 10.2 Å². The number of hydrogen-bond donors (Lipinski definition) is 1. The molecule has 1 saturated heterocycles. The van der Waals surface area contributed by atoms with Crippen LogP contribution in [0, 0.1) is 6.92 Å². The Kier molecular flexibility index (Phi) is 6.56. The maximum atomic E-state index is 12.3. The Hall–Kier alpha value is -2.55. The molecule has 0 atom stereocenters. The van der Waals surface area contributed by atoms with Gasteiger partial charge in [0.25, 0.3) is 5.22 Å². The monoisotopic (exact) mass is 444 g/mol. The van der Waals surface area contributed by atoms with Crippen molar-refractivity contribution in [2.45, 2.75) is 12.1 Å². The Bertz CT molecular complexity index is 1020. The molecule has 0 spiro atoms. The Morgan fingerprint density at radius 3 is 2.67 bits per heavy atom. The topological polar surface area (TPSA) is 80.5 Å². The SMILES string of the molecule is Cc1ccc(-c2nnc(SCC(=O)Nc3ccc(N4CCOCC4)c(Cl)c3)o2)cc1. The fraction of sp³-hybridized carbons (Fsp3) is 0.286. The van der Waals surface area contributed by atoms with Gasteiger partial charge in [-0.15, -0.1) is 10.2 Å². The number of nitrogens with zero attached hydrogens (tertiary/aromatic N) is 3. The second-order valence-electron chi connectivity index (χ2n) is 6.84. The summed E-state index contributed by atoms with van der Waals surface area (Å²) in [4.78, 5) is 14.5. The molecule has 0 saturated carbocycles. The van der Waals surface area contributed by atoms with Crippen LogP contribution in [0.4, 0.5) is 11.4 Å². The maximum Gasteiger partial charge on any atom is 0.277 e. The first-order valence-electron chi connectivity index (χ1n) is 9.54. The van der Waals surface area contributed by atoms with Crippen LogP contribution in [0.2, 0.25) is 5.02 Å². The van der Waals surface area contributed by atoms with Crippen LogP contribution >= 0.6 is 23.4 Å². The van der Waals surface area contributed by atoms with Crippen molar-refractivity contribution in [2.75, 3.05) is 42.3 Å². The Morgan fingerprint density at radius 1 is 1.17 bits per heavy atom. The van der Waals surface area contributed by atoms with Crippen LogP contribution in [0.3, 0.4) is 0 Å². The zero-order chi connectivity index (χ0) is 20.9. The lowest BCUT2D eigenvalue weighted by Gasteiger charge is -2.29. The van der Waals surface area contributed by atoms with Crippen LogP contribution in [0.15, 0.2) is 52.1 Å². The van der Waals surface area contributed by atoms with E-state index in [1.54, 1.807) is 6.07 Å². The average molecular weight is 445 g/mol. The number of benzene rings is 2. The second kappa shape index (κ2) is 9.51. The van der Waals surface area contributed by atoms with Crippen molar-refractivity contribution in [3.8, 4) is 11.5 Å². The second-order valence-corrected chi connectivity index (χ2v) is 8.18. The fourth-order valence-electron chi connectivity index (χ4n) is 3.05. The molecule has 3 aromatic rings. The van der Waals surface area contributed by atoms with Crippen LogP contribution in [0.5, 0.6) is 0 Å². The van der Waals surface area contributed by atoms with Crippen LogP contribution in [-0.2, 0) is 9.53 Å². The van der Waals surface area contributed by atoms with E-state index in [0.717, 1.165) is 29.9 Å². The number of carbonyl (C=O) groups excluding carboxylic acids is 1. The Balaban J connectivity index is 1.32. The fourth-order valence-corrected chi connectivity index (χ4v) is 3.91. The third-order valence-electron chi connectivity index (χ3n) is 4.61. The molecule has 2 heterocycles. The van der Waals surface area contributed by atoms with E-state index in [4.69, 9.17) is 20.8 Å². The highest BCUT2D eigenvalue weighted by atomic mass is 35.5. The molecule has 9 heteroatoms. The van der Waals surface area contributed by atoms with Crippen molar-refractivity contribution >= 4 is 40.6 Å². The van der Waals surface area contributed by atoms with Gasteiger partial charge in [-0.1, -0.05) is 41.1 Å². The highest BCUT2D eigenvalue weighted by Crippen LogP contribution is 2.30.